The third-order valence-electron chi connectivity index (χ3n) is 3.11. The Balaban J connectivity index is 1.88. The van der Waals surface area contributed by atoms with Crippen molar-refractivity contribution in [1.29, 1.82) is 0 Å². The number of amides is 1. The van der Waals surface area contributed by atoms with Gasteiger partial charge in [0.15, 0.2) is 0 Å². The first-order valence-electron chi connectivity index (χ1n) is 6.48. The molecule has 0 unspecified atom stereocenters. The van der Waals surface area contributed by atoms with Crippen molar-refractivity contribution in [2.75, 3.05) is 11.1 Å². The van der Waals surface area contributed by atoms with E-state index in [1.807, 2.05) is 35.0 Å². The number of benzene rings is 2. The minimum Gasteiger partial charge on any atom is -0.399 e. The molecular weight excluding hydrogens is 264 g/mol. The quantitative estimate of drug-likeness (QED) is 0.723. The molecule has 1 aromatic heterocycles. The van der Waals surface area contributed by atoms with Crippen molar-refractivity contribution in [2.24, 2.45) is 0 Å². The van der Waals surface area contributed by atoms with Gasteiger partial charge in [0, 0.05) is 23.6 Å². The zero-order valence-electron chi connectivity index (χ0n) is 11.2. The number of hydrogen-bond acceptors (Lipinski definition) is 3. The summed E-state index contributed by atoms with van der Waals surface area (Å²) in [6, 6.07) is 14.4. The van der Waals surface area contributed by atoms with E-state index in [0.717, 1.165) is 11.4 Å². The van der Waals surface area contributed by atoms with Gasteiger partial charge < -0.3 is 15.6 Å². The molecule has 1 amide bonds. The van der Waals surface area contributed by atoms with Gasteiger partial charge in [0.05, 0.1) is 17.7 Å². The Hall–Kier alpha value is -3.08. The van der Waals surface area contributed by atoms with Crippen molar-refractivity contribution in [1.82, 2.24) is 9.55 Å². The summed E-state index contributed by atoms with van der Waals surface area (Å²) in [6.07, 6.45) is 5.21. The molecule has 2 aromatic carbocycles. The van der Waals surface area contributed by atoms with E-state index < -0.39 is 0 Å². The van der Waals surface area contributed by atoms with Crippen LogP contribution in [0.1, 0.15) is 10.4 Å². The molecule has 0 radical (unpaired) electrons. The molecule has 5 heteroatoms. The fraction of sp³-hybridized carbons (Fsp3) is 0. The molecule has 104 valence electrons. The first kappa shape index (κ1) is 12.9. The van der Waals surface area contributed by atoms with Crippen LogP contribution in [-0.4, -0.2) is 15.5 Å². The topological polar surface area (TPSA) is 72.9 Å². The molecule has 0 bridgehead atoms. The normalized spacial score (nSPS) is 10.3. The average molecular weight is 278 g/mol. The minimum absolute atomic E-state index is 0.178. The maximum absolute atomic E-state index is 12.3. The molecule has 0 saturated carbocycles. The van der Waals surface area contributed by atoms with Gasteiger partial charge in [0.1, 0.15) is 0 Å². The number of nitrogens with one attached hydrogen (secondary N) is 1. The predicted molar refractivity (Wildman–Crippen MR) is 82.4 cm³/mol. The fourth-order valence-corrected chi connectivity index (χ4v) is 2.04. The SMILES string of the molecule is Nc1ccc(C(=O)Nc2ccccc2-n2ccnc2)cc1. The number of hydrogen-bond donors (Lipinski definition) is 2. The Morgan fingerprint density at radius 3 is 2.57 bits per heavy atom. The van der Waals surface area contributed by atoms with Crippen molar-refractivity contribution in [3.8, 4) is 5.69 Å². The predicted octanol–water partition coefficient (Wildman–Crippen LogP) is 2.71. The molecule has 0 aliphatic rings. The molecule has 0 aliphatic carbocycles. The van der Waals surface area contributed by atoms with Crippen LogP contribution < -0.4 is 11.1 Å². The van der Waals surface area contributed by atoms with Gasteiger partial charge in [-0.3, -0.25) is 4.79 Å². The first-order valence-corrected chi connectivity index (χ1v) is 6.48. The van der Waals surface area contributed by atoms with Gasteiger partial charge >= 0.3 is 0 Å². The summed E-state index contributed by atoms with van der Waals surface area (Å²) in [5.41, 5.74) is 8.40. The molecule has 3 rings (SSSR count). The highest BCUT2D eigenvalue weighted by Gasteiger charge is 2.09. The number of imidazole rings is 1. The number of anilines is 2. The highest BCUT2D eigenvalue weighted by molar-refractivity contribution is 6.05. The van der Waals surface area contributed by atoms with Crippen molar-refractivity contribution in [3.63, 3.8) is 0 Å². The van der Waals surface area contributed by atoms with Crippen LogP contribution >= 0.6 is 0 Å². The highest BCUT2D eigenvalue weighted by Crippen LogP contribution is 2.20. The lowest BCUT2D eigenvalue weighted by atomic mass is 10.2. The molecule has 0 fully saturated rings. The number of rotatable bonds is 3. The van der Waals surface area contributed by atoms with E-state index in [4.69, 9.17) is 5.73 Å². The third-order valence-corrected chi connectivity index (χ3v) is 3.11. The lowest BCUT2D eigenvalue weighted by Crippen LogP contribution is -2.13. The Labute approximate surface area is 122 Å². The molecule has 0 saturated heterocycles. The van der Waals surface area contributed by atoms with Crippen molar-refractivity contribution >= 4 is 17.3 Å². The van der Waals surface area contributed by atoms with E-state index in [0.29, 0.717) is 11.3 Å². The van der Waals surface area contributed by atoms with Gasteiger partial charge in [0.25, 0.3) is 5.91 Å². The molecule has 21 heavy (non-hydrogen) atoms. The van der Waals surface area contributed by atoms with E-state index in [1.165, 1.54) is 0 Å². The van der Waals surface area contributed by atoms with Crippen LogP contribution in [0.25, 0.3) is 5.69 Å². The van der Waals surface area contributed by atoms with Gasteiger partial charge in [-0.1, -0.05) is 12.1 Å². The summed E-state index contributed by atoms with van der Waals surface area (Å²) < 4.78 is 1.85. The number of para-hydroxylation sites is 2. The van der Waals surface area contributed by atoms with Crippen molar-refractivity contribution in [2.45, 2.75) is 0 Å². The number of nitrogens with two attached hydrogens (primary N) is 1. The van der Waals surface area contributed by atoms with Crippen LogP contribution in [0.15, 0.2) is 67.3 Å². The second-order valence-corrected chi connectivity index (χ2v) is 4.56. The number of nitrogen functional groups attached to an aromatic ring is 1. The molecule has 0 spiro atoms. The first-order chi connectivity index (χ1) is 10.2. The molecule has 0 atom stereocenters. The minimum atomic E-state index is -0.178. The summed E-state index contributed by atoms with van der Waals surface area (Å²) in [7, 11) is 0. The van der Waals surface area contributed by atoms with Crippen LogP contribution in [0.4, 0.5) is 11.4 Å². The zero-order valence-corrected chi connectivity index (χ0v) is 11.2. The molecule has 5 nitrogen and oxygen atoms in total. The van der Waals surface area contributed by atoms with Gasteiger partial charge in [-0.05, 0) is 36.4 Å². The van der Waals surface area contributed by atoms with Crippen molar-refractivity contribution < 1.29 is 4.79 Å². The lowest BCUT2D eigenvalue weighted by Gasteiger charge is -2.11. The van der Waals surface area contributed by atoms with Gasteiger partial charge in [0.2, 0.25) is 0 Å². The van der Waals surface area contributed by atoms with E-state index in [1.54, 1.807) is 36.8 Å². The van der Waals surface area contributed by atoms with E-state index in [2.05, 4.69) is 10.3 Å². The molecule has 3 aromatic rings. The summed E-state index contributed by atoms with van der Waals surface area (Å²) in [5.74, 6) is -0.178. The smallest absolute Gasteiger partial charge is 0.255 e. The Kier molecular flexibility index (Phi) is 3.39. The second kappa shape index (κ2) is 5.50. The monoisotopic (exact) mass is 278 g/mol. The van der Waals surface area contributed by atoms with Gasteiger partial charge in [-0.25, -0.2) is 4.98 Å². The number of nitrogens with zero attached hydrogens (tertiary/aromatic N) is 2. The molecular formula is C16H14N4O. The maximum atomic E-state index is 12.3. The number of aromatic nitrogens is 2. The van der Waals surface area contributed by atoms with E-state index in [9.17, 15) is 4.79 Å². The zero-order chi connectivity index (χ0) is 14.7. The largest absolute Gasteiger partial charge is 0.399 e. The van der Waals surface area contributed by atoms with Crippen LogP contribution in [0, 0.1) is 0 Å². The van der Waals surface area contributed by atoms with Gasteiger partial charge in [-0.15, -0.1) is 0 Å². The Morgan fingerprint density at radius 1 is 1.10 bits per heavy atom. The van der Waals surface area contributed by atoms with Crippen LogP contribution in [0.3, 0.4) is 0 Å². The fourth-order valence-electron chi connectivity index (χ4n) is 2.04. The summed E-state index contributed by atoms with van der Waals surface area (Å²) in [4.78, 5) is 16.3. The van der Waals surface area contributed by atoms with Crippen LogP contribution in [0.5, 0.6) is 0 Å². The molecule has 1 heterocycles. The number of carbonyl (C=O) groups is 1. The number of carbonyl (C=O) groups excluding carboxylic acids is 1. The second-order valence-electron chi connectivity index (χ2n) is 4.56. The standard InChI is InChI=1S/C16H14N4O/c17-13-7-5-12(6-8-13)16(21)19-14-3-1-2-4-15(14)20-10-9-18-11-20/h1-11H,17H2,(H,19,21). The molecule has 3 N–H and O–H groups in total. The highest BCUT2D eigenvalue weighted by atomic mass is 16.1. The summed E-state index contributed by atoms with van der Waals surface area (Å²) >= 11 is 0. The molecule has 0 aliphatic heterocycles. The van der Waals surface area contributed by atoms with Crippen molar-refractivity contribution in [3.05, 3.63) is 72.8 Å². The summed E-state index contributed by atoms with van der Waals surface area (Å²) in [5, 5.41) is 2.91. The van der Waals surface area contributed by atoms with E-state index in [-0.39, 0.29) is 5.91 Å². The van der Waals surface area contributed by atoms with Crippen LogP contribution in [0.2, 0.25) is 0 Å². The maximum Gasteiger partial charge on any atom is 0.255 e. The van der Waals surface area contributed by atoms with Gasteiger partial charge in [-0.2, -0.15) is 0 Å². The third kappa shape index (κ3) is 2.76. The van der Waals surface area contributed by atoms with Crippen LogP contribution in [-0.2, 0) is 0 Å². The Bertz CT molecular complexity index is 748. The van der Waals surface area contributed by atoms with E-state index >= 15 is 0 Å². The summed E-state index contributed by atoms with van der Waals surface area (Å²) in [6.45, 7) is 0. The lowest BCUT2D eigenvalue weighted by molar-refractivity contribution is 0.102. The Morgan fingerprint density at radius 2 is 1.86 bits per heavy atom. The average Bonchev–Trinajstić information content (AvgIpc) is 3.02.